The highest BCUT2D eigenvalue weighted by Gasteiger charge is 2.16. The van der Waals surface area contributed by atoms with Gasteiger partial charge in [0.1, 0.15) is 5.75 Å². The van der Waals surface area contributed by atoms with Gasteiger partial charge in [0.2, 0.25) is 5.78 Å². The molecule has 0 atom stereocenters. The largest absolute Gasteiger partial charge is 0.497 e. The summed E-state index contributed by atoms with van der Waals surface area (Å²) < 4.78 is 5.03. The van der Waals surface area contributed by atoms with E-state index in [1.807, 2.05) is 30.3 Å². The van der Waals surface area contributed by atoms with Crippen LogP contribution in [0.5, 0.6) is 5.75 Å². The zero-order valence-electron chi connectivity index (χ0n) is 11.1. The lowest BCUT2D eigenvalue weighted by atomic mass is 10.1. The van der Waals surface area contributed by atoms with E-state index in [4.69, 9.17) is 4.74 Å². The van der Waals surface area contributed by atoms with E-state index >= 15 is 0 Å². The molecule has 0 spiro atoms. The summed E-state index contributed by atoms with van der Waals surface area (Å²) in [4.78, 5) is 23.8. The Hall–Kier alpha value is -2.62. The van der Waals surface area contributed by atoms with Crippen LogP contribution in [0.3, 0.4) is 0 Å². The van der Waals surface area contributed by atoms with Gasteiger partial charge in [-0.05, 0) is 17.7 Å². The van der Waals surface area contributed by atoms with Crippen molar-refractivity contribution in [2.24, 2.45) is 0 Å². The van der Waals surface area contributed by atoms with Gasteiger partial charge in [-0.2, -0.15) is 0 Å². The Balaban J connectivity index is 2.00. The Labute approximate surface area is 117 Å². The first-order chi connectivity index (χ1) is 9.70. The number of ketones is 1. The van der Waals surface area contributed by atoms with E-state index in [0.717, 1.165) is 5.56 Å². The predicted octanol–water partition coefficient (Wildman–Crippen LogP) is 2.19. The number of benzene rings is 2. The van der Waals surface area contributed by atoms with Crippen LogP contribution in [0.4, 0.5) is 0 Å². The molecule has 2 aromatic carbocycles. The molecule has 0 aliphatic heterocycles. The molecular weight excluding hydrogens is 254 g/mol. The molecule has 0 aliphatic carbocycles. The molecule has 2 rings (SSSR count). The van der Waals surface area contributed by atoms with E-state index in [9.17, 15) is 9.59 Å². The van der Waals surface area contributed by atoms with Crippen molar-refractivity contribution >= 4 is 11.7 Å². The van der Waals surface area contributed by atoms with Crippen molar-refractivity contribution < 1.29 is 14.3 Å². The van der Waals surface area contributed by atoms with Crippen LogP contribution in [-0.4, -0.2) is 18.8 Å². The van der Waals surface area contributed by atoms with Crippen molar-refractivity contribution in [3.05, 3.63) is 65.7 Å². The van der Waals surface area contributed by atoms with E-state index in [-0.39, 0.29) is 0 Å². The monoisotopic (exact) mass is 269 g/mol. The second-order valence-corrected chi connectivity index (χ2v) is 4.23. The number of ether oxygens (including phenoxy) is 1. The molecule has 1 amide bonds. The number of carbonyl (C=O) groups is 2. The van der Waals surface area contributed by atoms with E-state index in [0.29, 0.717) is 17.9 Å². The van der Waals surface area contributed by atoms with Crippen molar-refractivity contribution in [1.82, 2.24) is 5.32 Å². The van der Waals surface area contributed by atoms with E-state index in [2.05, 4.69) is 5.32 Å². The molecular formula is C16H15NO3. The molecule has 2 aromatic rings. The maximum absolute atomic E-state index is 12.0. The first-order valence-electron chi connectivity index (χ1n) is 6.21. The van der Waals surface area contributed by atoms with Gasteiger partial charge in [-0.1, -0.05) is 42.5 Å². The van der Waals surface area contributed by atoms with E-state index < -0.39 is 11.7 Å². The molecule has 0 aliphatic rings. The summed E-state index contributed by atoms with van der Waals surface area (Å²) in [5, 5.41) is 2.61. The zero-order chi connectivity index (χ0) is 14.4. The highest BCUT2D eigenvalue weighted by Crippen LogP contribution is 2.13. The second kappa shape index (κ2) is 6.52. The lowest BCUT2D eigenvalue weighted by Crippen LogP contribution is -2.30. The zero-order valence-corrected chi connectivity index (χ0v) is 11.1. The summed E-state index contributed by atoms with van der Waals surface area (Å²) in [5.41, 5.74) is 1.26. The summed E-state index contributed by atoms with van der Waals surface area (Å²) in [6.07, 6.45) is 0. The van der Waals surface area contributed by atoms with Gasteiger partial charge in [-0.3, -0.25) is 9.59 Å². The van der Waals surface area contributed by atoms with Crippen LogP contribution in [0.2, 0.25) is 0 Å². The molecule has 4 heteroatoms. The molecule has 0 aromatic heterocycles. The summed E-state index contributed by atoms with van der Waals surface area (Å²) in [6, 6.07) is 16.0. The van der Waals surface area contributed by atoms with Crippen molar-refractivity contribution in [3.63, 3.8) is 0 Å². The van der Waals surface area contributed by atoms with Crippen LogP contribution in [0.25, 0.3) is 0 Å². The predicted molar refractivity (Wildman–Crippen MR) is 75.6 cm³/mol. The molecule has 1 N–H and O–H groups in total. The molecule has 0 radical (unpaired) electrons. The minimum atomic E-state index is -0.623. The molecule has 0 bridgehead atoms. The van der Waals surface area contributed by atoms with Crippen LogP contribution >= 0.6 is 0 Å². The minimum Gasteiger partial charge on any atom is -0.497 e. The van der Waals surface area contributed by atoms with Crippen LogP contribution < -0.4 is 10.1 Å². The van der Waals surface area contributed by atoms with Crippen molar-refractivity contribution in [2.75, 3.05) is 7.11 Å². The number of Topliss-reactive ketones (excluding diaryl/α,β-unsaturated/α-hetero) is 1. The number of hydrogen-bond donors (Lipinski definition) is 1. The fourth-order valence-corrected chi connectivity index (χ4v) is 1.75. The van der Waals surface area contributed by atoms with Crippen LogP contribution in [0, 0.1) is 0 Å². The first-order valence-corrected chi connectivity index (χ1v) is 6.21. The average molecular weight is 269 g/mol. The average Bonchev–Trinajstić information content (AvgIpc) is 2.53. The number of amides is 1. The lowest BCUT2D eigenvalue weighted by molar-refractivity contribution is -0.117. The van der Waals surface area contributed by atoms with E-state index in [1.165, 1.54) is 7.11 Å². The van der Waals surface area contributed by atoms with Gasteiger partial charge < -0.3 is 10.1 Å². The maximum atomic E-state index is 12.0. The third kappa shape index (κ3) is 3.45. The standard InChI is InChI=1S/C16H15NO3/c1-20-14-9-5-8-13(10-14)15(18)16(19)17-11-12-6-3-2-4-7-12/h2-10H,11H2,1H3,(H,17,19). The third-order valence-electron chi connectivity index (χ3n) is 2.83. The van der Waals surface area contributed by atoms with Gasteiger partial charge >= 0.3 is 0 Å². The molecule has 20 heavy (non-hydrogen) atoms. The van der Waals surface area contributed by atoms with Gasteiger partial charge in [0, 0.05) is 12.1 Å². The normalized spacial score (nSPS) is 9.85. The van der Waals surface area contributed by atoms with Gasteiger partial charge in [0.25, 0.3) is 5.91 Å². The van der Waals surface area contributed by atoms with Gasteiger partial charge in [0.05, 0.1) is 7.11 Å². The molecule has 0 fully saturated rings. The van der Waals surface area contributed by atoms with Crippen LogP contribution in [0.1, 0.15) is 15.9 Å². The molecule has 0 saturated heterocycles. The number of nitrogens with one attached hydrogen (secondary N) is 1. The molecule has 0 unspecified atom stereocenters. The topological polar surface area (TPSA) is 55.4 Å². The Morgan fingerprint density at radius 1 is 1.05 bits per heavy atom. The highest BCUT2D eigenvalue weighted by molar-refractivity contribution is 6.42. The summed E-state index contributed by atoms with van der Waals surface area (Å²) in [6.45, 7) is 0.329. The molecule has 0 saturated carbocycles. The number of hydrogen-bond acceptors (Lipinski definition) is 3. The summed E-state index contributed by atoms with van der Waals surface area (Å²) in [5.74, 6) is -0.645. The number of rotatable bonds is 5. The smallest absolute Gasteiger partial charge is 0.292 e. The SMILES string of the molecule is COc1cccc(C(=O)C(=O)NCc2ccccc2)c1. The highest BCUT2D eigenvalue weighted by atomic mass is 16.5. The Morgan fingerprint density at radius 3 is 2.50 bits per heavy atom. The Morgan fingerprint density at radius 2 is 1.80 bits per heavy atom. The fraction of sp³-hybridized carbons (Fsp3) is 0.125. The Bertz CT molecular complexity index is 608. The summed E-state index contributed by atoms with van der Waals surface area (Å²) in [7, 11) is 1.51. The first kappa shape index (κ1) is 13.8. The van der Waals surface area contributed by atoms with Crippen molar-refractivity contribution in [3.8, 4) is 5.75 Å². The Kier molecular flexibility index (Phi) is 4.50. The van der Waals surface area contributed by atoms with Crippen molar-refractivity contribution in [1.29, 1.82) is 0 Å². The van der Waals surface area contributed by atoms with Gasteiger partial charge in [0.15, 0.2) is 0 Å². The van der Waals surface area contributed by atoms with Crippen molar-refractivity contribution in [2.45, 2.75) is 6.54 Å². The fourth-order valence-electron chi connectivity index (χ4n) is 1.75. The van der Waals surface area contributed by atoms with Crippen LogP contribution in [-0.2, 0) is 11.3 Å². The molecule has 0 heterocycles. The molecule has 102 valence electrons. The van der Waals surface area contributed by atoms with E-state index in [1.54, 1.807) is 24.3 Å². The second-order valence-electron chi connectivity index (χ2n) is 4.23. The minimum absolute atomic E-state index is 0.315. The molecule has 4 nitrogen and oxygen atoms in total. The maximum Gasteiger partial charge on any atom is 0.292 e. The summed E-state index contributed by atoms with van der Waals surface area (Å²) >= 11 is 0. The quantitative estimate of drug-likeness (QED) is 0.668. The van der Waals surface area contributed by atoms with Gasteiger partial charge in [-0.15, -0.1) is 0 Å². The third-order valence-corrected chi connectivity index (χ3v) is 2.83. The van der Waals surface area contributed by atoms with Gasteiger partial charge in [-0.25, -0.2) is 0 Å². The lowest BCUT2D eigenvalue weighted by Gasteiger charge is -2.06. The van der Waals surface area contributed by atoms with Crippen LogP contribution in [0.15, 0.2) is 54.6 Å². The number of carbonyl (C=O) groups excluding carboxylic acids is 2. The number of methoxy groups -OCH3 is 1.